The summed E-state index contributed by atoms with van der Waals surface area (Å²) in [5.41, 5.74) is 2.99. The number of hydrogen-bond donors (Lipinski definition) is 1. The van der Waals surface area contributed by atoms with Crippen molar-refractivity contribution in [1.29, 1.82) is 0 Å². The molecule has 0 saturated carbocycles. The molecule has 4 nitrogen and oxygen atoms in total. The van der Waals surface area contributed by atoms with Crippen molar-refractivity contribution >= 4 is 34.2 Å². The molecule has 3 rings (SSSR count). The minimum Gasteiger partial charge on any atom is -0.451 e. The molecule has 0 aliphatic rings. The zero-order valence-electron chi connectivity index (χ0n) is 13.7. The van der Waals surface area contributed by atoms with Crippen molar-refractivity contribution in [2.75, 3.05) is 25.5 Å². The highest BCUT2D eigenvalue weighted by molar-refractivity contribution is 6.31. The first-order chi connectivity index (χ1) is 11.5. The highest BCUT2D eigenvalue weighted by Gasteiger charge is 2.12. The van der Waals surface area contributed by atoms with Crippen LogP contribution < -0.4 is 10.2 Å². The fourth-order valence-corrected chi connectivity index (χ4v) is 2.67. The number of nitrogens with zero attached hydrogens (tertiary/aromatic N) is 1. The van der Waals surface area contributed by atoms with Crippen LogP contribution in [0.4, 0.5) is 5.69 Å². The molecular weight excluding hydrogens is 324 g/mol. The number of benzene rings is 2. The second-order valence-corrected chi connectivity index (χ2v) is 6.30. The van der Waals surface area contributed by atoms with Gasteiger partial charge in [-0.25, -0.2) is 0 Å². The third kappa shape index (κ3) is 3.71. The summed E-state index contributed by atoms with van der Waals surface area (Å²) in [5.74, 6) is 0.0856. The van der Waals surface area contributed by atoms with Crippen molar-refractivity contribution in [2.24, 2.45) is 0 Å². The highest BCUT2D eigenvalue weighted by Crippen LogP contribution is 2.23. The molecule has 0 atom stereocenters. The summed E-state index contributed by atoms with van der Waals surface area (Å²) in [6.07, 6.45) is 0.769. The first kappa shape index (κ1) is 16.4. The van der Waals surface area contributed by atoms with Gasteiger partial charge in [-0.15, -0.1) is 0 Å². The predicted octanol–water partition coefficient (Wildman–Crippen LogP) is 4.12. The maximum absolute atomic E-state index is 12.2. The highest BCUT2D eigenvalue weighted by atomic mass is 35.5. The van der Waals surface area contributed by atoms with Crippen LogP contribution in [-0.4, -0.2) is 26.5 Å². The van der Waals surface area contributed by atoms with E-state index < -0.39 is 0 Å². The molecule has 0 bridgehead atoms. The molecular formula is C19H19ClN2O2. The van der Waals surface area contributed by atoms with E-state index in [1.54, 1.807) is 24.3 Å². The van der Waals surface area contributed by atoms with Crippen LogP contribution in [0.15, 0.2) is 52.9 Å². The van der Waals surface area contributed by atoms with Crippen molar-refractivity contribution < 1.29 is 9.21 Å². The van der Waals surface area contributed by atoms with E-state index in [0.29, 0.717) is 22.9 Å². The molecule has 0 saturated heterocycles. The van der Waals surface area contributed by atoms with Gasteiger partial charge in [-0.1, -0.05) is 23.7 Å². The van der Waals surface area contributed by atoms with E-state index in [2.05, 4.69) is 34.5 Å². The van der Waals surface area contributed by atoms with E-state index in [-0.39, 0.29) is 5.91 Å². The van der Waals surface area contributed by atoms with Gasteiger partial charge >= 0.3 is 0 Å². The summed E-state index contributed by atoms with van der Waals surface area (Å²) < 4.78 is 5.55. The number of fused-ring (bicyclic) bond motifs is 1. The molecule has 1 aromatic heterocycles. The number of anilines is 1. The molecule has 1 N–H and O–H groups in total. The molecule has 2 aromatic carbocycles. The number of halogens is 1. The van der Waals surface area contributed by atoms with Crippen molar-refractivity contribution in [3.05, 3.63) is 64.9 Å². The minimum absolute atomic E-state index is 0.216. The van der Waals surface area contributed by atoms with E-state index in [1.807, 2.05) is 14.1 Å². The second kappa shape index (κ2) is 6.97. The van der Waals surface area contributed by atoms with E-state index >= 15 is 0 Å². The number of rotatable bonds is 5. The van der Waals surface area contributed by atoms with Gasteiger partial charge in [0, 0.05) is 36.7 Å². The average Bonchev–Trinajstić information content (AvgIpc) is 2.98. The molecule has 0 radical (unpaired) electrons. The Bertz CT molecular complexity index is 853. The van der Waals surface area contributed by atoms with Gasteiger partial charge in [-0.05, 0) is 48.4 Å². The average molecular weight is 343 g/mol. The van der Waals surface area contributed by atoms with Gasteiger partial charge in [0.25, 0.3) is 5.91 Å². The van der Waals surface area contributed by atoms with Crippen molar-refractivity contribution in [2.45, 2.75) is 6.42 Å². The van der Waals surface area contributed by atoms with Gasteiger partial charge in [0.1, 0.15) is 5.58 Å². The summed E-state index contributed by atoms with van der Waals surface area (Å²) >= 11 is 5.94. The summed E-state index contributed by atoms with van der Waals surface area (Å²) in [5, 5.41) is 4.33. The number of hydrogen-bond acceptors (Lipinski definition) is 3. The van der Waals surface area contributed by atoms with Crippen LogP contribution >= 0.6 is 11.6 Å². The van der Waals surface area contributed by atoms with E-state index in [0.717, 1.165) is 17.5 Å². The Kier molecular flexibility index (Phi) is 4.76. The first-order valence-corrected chi connectivity index (χ1v) is 8.14. The maximum atomic E-state index is 12.2. The lowest BCUT2D eigenvalue weighted by atomic mass is 10.1. The molecule has 124 valence electrons. The van der Waals surface area contributed by atoms with Crippen molar-refractivity contribution in [3.63, 3.8) is 0 Å². The van der Waals surface area contributed by atoms with Gasteiger partial charge in [0.2, 0.25) is 0 Å². The lowest BCUT2D eigenvalue weighted by Crippen LogP contribution is -2.25. The lowest BCUT2D eigenvalue weighted by Gasteiger charge is -2.12. The molecule has 24 heavy (non-hydrogen) atoms. The number of amides is 1. The van der Waals surface area contributed by atoms with Crippen LogP contribution in [0.1, 0.15) is 16.1 Å². The molecule has 1 heterocycles. The Morgan fingerprint density at radius 2 is 1.88 bits per heavy atom. The lowest BCUT2D eigenvalue weighted by molar-refractivity contribution is 0.0928. The molecule has 0 spiro atoms. The third-order valence-electron chi connectivity index (χ3n) is 3.85. The van der Waals surface area contributed by atoms with Crippen LogP contribution in [0.25, 0.3) is 11.0 Å². The predicted molar refractivity (Wildman–Crippen MR) is 98.0 cm³/mol. The smallest absolute Gasteiger partial charge is 0.287 e. The number of furan rings is 1. The third-order valence-corrected chi connectivity index (χ3v) is 4.09. The van der Waals surface area contributed by atoms with Crippen molar-refractivity contribution in [1.82, 2.24) is 5.32 Å². The Labute approximate surface area is 146 Å². The summed E-state index contributed by atoms with van der Waals surface area (Å²) in [7, 11) is 4.02. The molecule has 1 amide bonds. The number of carbonyl (C=O) groups excluding carboxylic acids is 1. The summed E-state index contributed by atoms with van der Waals surface area (Å²) in [6.45, 7) is 0.554. The van der Waals surface area contributed by atoms with E-state index in [9.17, 15) is 4.79 Å². The molecule has 5 heteroatoms. The van der Waals surface area contributed by atoms with Gasteiger partial charge in [-0.2, -0.15) is 0 Å². The van der Waals surface area contributed by atoms with E-state index in [1.165, 1.54) is 5.56 Å². The largest absolute Gasteiger partial charge is 0.451 e. The molecule has 0 unspecified atom stereocenters. The standard InChI is InChI=1S/C19H19ClN2O2/c1-22(2)16-6-3-13(4-7-16)9-10-21-19(23)18-12-14-11-15(20)5-8-17(14)24-18/h3-8,11-12H,9-10H2,1-2H3,(H,21,23). The number of carbonyl (C=O) groups is 1. The van der Waals surface area contributed by atoms with Crippen LogP contribution in [-0.2, 0) is 6.42 Å². The Morgan fingerprint density at radius 1 is 1.12 bits per heavy atom. The number of nitrogens with one attached hydrogen (secondary N) is 1. The quantitative estimate of drug-likeness (QED) is 0.758. The monoisotopic (exact) mass is 342 g/mol. The van der Waals surface area contributed by atoms with Crippen LogP contribution in [0, 0.1) is 0 Å². The molecule has 0 aliphatic carbocycles. The van der Waals surface area contributed by atoms with Gasteiger partial charge in [-0.3, -0.25) is 4.79 Å². The molecule has 0 fully saturated rings. The second-order valence-electron chi connectivity index (χ2n) is 5.86. The fraction of sp³-hybridized carbons (Fsp3) is 0.211. The van der Waals surface area contributed by atoms with Gasteiger partial charge in [0.05, 0.1) is 0 Å². The van der Waals surface area contributed by atoms with Crippen LogP contribution in [0.2, 0.25) is 5.02 Å². The normalized spacial score (nSPS) is 10.8. The summed E-state index contributed by atoms with van der Waals surface area (Å²) in [4.78, 5) is 14.2. The first-order valence-electron chi connectivity index (χ1n) is 7.76. The Balaban J connectivity index is 1.58. The fourth-order valence-electron chi connectivity index (χ4n) is 2.49. The van der Waals surface area contributed by atoms with Crippen LogP contribution in [0.5, 0.6) is 0 Å². The van der Waals surface area contributed by atoms with Crippen LogP contribution in [0.3, 0.4) is 0 Å². The maximum Gasteiger partial charge on any atom is 0.287 e. The van der Waals surface area contributed by atoms with Crippen molar-refractivity contribution in [3.8, 4) is 0 Å². The van der Waals surface area contributed by atoms with Gasteiger partial charge < -0.3 is 14.6 Å². The molecule has 3 aromatic rings. The SMILES string of the molecule is CN(C)c1ccc(CCNC(=O)c2cc3cc(Cl)ccc3o2)cc1. The topological polar surface area (TPSA) is 45.5 Å². The Hall–Kier alpha value is -2.46. The zero-order valence-corrected chi connectivity index (χ0v) is 14.4. The summed E-state index contributed by atoms with van der Waals surface area (Å²) in [6, 6.07) is 15.3. The van der Waals surface area contributed by atoms with Gasteiger partial charge in [0.15, 0.2) is 5.76 Å². The minimum atomic E-state index is -0.216. The zero-order chi connectivity index (χ0) is 17.1. The van der Waals surface area contributed by atoms with E-state index in [4.69, 9.17) is 16.0 Å². The Morgan fingerprint density at radius 3 is 2.58 bits per heavy atom. The molecule has 0 aliphatic heterocycles.